The van der Waals surface area contributed by atoms with Crippen LogP contribution in [0.1, 0.15) is 11.9 Å². The van der Waals surface area contributed by atoms with Gasteiger partial charge in [0.2, 0.25) is 0 Å². The highest BCUT2D eigenvalue weighted by Crippen LogP contribution is 2.35. The first kappa shape index (κ1) is 20.2. The standard InChI is InChI=1S/C23H23NO7/c1-27-23-19(24-15-9-7-13-8-10-18(25)29-16(13)11-15)20(26)21-17(30-23)12-28-22(31-21)14-5-3-2-4-6-14/h2-11,17,19-24,26H,12H2,1H3/t17?,19?,20-,21-,22?,23+/m1/s1. The Morgan fingerprint density at radius 3 is 2.68 bits per heavy atom. The minimum Gasteiger partial charge on any atom is -0.423 e. The van der Waals surface area contributed by atoms with Crippen LogP contribution in [0, 0.1) is 0 Å². The number of hydrogen-bond donors (Lipinski definition) is 2. The molecule has 3 aromatic rings. The summed E-state index contributed by atoms with van der Waals surface area (Å²) in [5.74, 6) is 0. The summed E-state index contributed by atoms with van der Waals surface area (Å²) < 4.78 is 28.7. The lowest BCUT2D eigenvalue weighted by molar-refractivity contribution is -0.337. The lowest BCUT2D eigenvalue weighted by atomic mass is 9.95. The topological polar surface area (TPSA) is 99.4 Å². The van der Waals surface area contributed by atoms with Crippen molar-refractivity contribution in [3.63, 3.8) is 0 Å². The van der Waals surface area contributed by atoms with E-state index in [0.717, 1.165) is 10.9 Å². The van der Waals surface area contributed by atoms with Crippen molar-refractivity contribution < 1.29 is 28.5 Å². The molecular formula is C23H23NO7. The number of fused-ring (bicyclic) bond motifs is 2. The number of aliphatic hydroxyl groups excluding tert-OH is 1. The van der Waals surface area contributed by atoms with Gasteiger partial charge in [-0.15, -0.1) is 0 Å². The van der Waals surface area contributed by atoms with Gasteiger partial charge in [-0.3, -0.25) is 0 Å². The third-order valence-electron chi connectivity index (χ3n) is 5.63. The van der Waals surface area contributed by atoms with Crippen LogP contribution in [0.2, 0.25) is 0 Å². The van der Waals surface area contributed by atoms with E-state index in [1.165, 1.54) is 13.2 Å². The largest absolute Gasteiger partial charge is 0.423 e. The second kappa shape index (κ2) is 8.41. The SMILES string of the molecule is CO[C@H]1OC2COC(c3ccccc3)O[C@H]2[C@H](O)C1Nc1ccc2ccc(=O)oc2c1. The number of hydrogen-bond acceptors (Lipinski definition) is 8. The molecule has 0 radical (unpaired) electrons. The summed E-state index contributed by atoms with van der Waals surface area (Å²) in [5, 5.41) is 15.2. The highest BCUT2D eigenvalue weighted by atomic mass is 16.7. The number of rotatable bonds is 4. The summed E-state index contributed by atoms with van der Waals surface area (Å²) in [6, 6.07) is 17.4. The van der Waals surface area contributed by atoms with Crippen molar-refractivity contribution >= 4 is 16.7 Å². The number of aliphatic hydroxyl groups is 1. The van der Waals surface area contributed by atoms with Crippen molar-refractivity contribution in [1.29, 1.82) is 0 Å². The Balaban J connectivity index is 1.38. The Kier molecular flexibility index (Phi) is 5.47. The number of anilines is 1. The van der Waals surface area contributed by atoms with Crippen molar-refractivity contribution in [1.82, 2.24) is 0 Å². The zero-order valence-electron chi connectivity index (χ0n) is 16.8. The Hall–Kier alpha value is -2.75. The monoisotopic (exact) mass is 425 g/mol. The van der Waals surface area contributed by atoms with Crippen LogP contribution in [0.4, 0.5) is 5.69 Å². The minimum absolute atomic E-state index is 0.273. The molecule has 2 aliphatic rings. The maximum Gasteiger partial charge on any atom is 0.336 e. The van der Waals surface area contributed by atoms with Gasteiger partial charge in [-0.1, -0.05) is 30.3 Å². The summed E-state index contributed by atoms with van der Waals surface area (Å²) in [4.78, 5) is 11.5. The van der Waals surface area contributed by atoms with Crippen LogP contribution >= 0.6 is 0 Å². The van der Waals surface area contributed by atoms with Crippen LogP contribution in [0.5, 0.6) is 0 Å². The molecule has 8 heteroatoms. The van der Waals surface area contributed by atoms with Crippen LogP contribution < -0.4 is 10.9 Å². The first-order chi connectivity index (χ1) is 15.1. The van der Waals surface area contributed by atoms with Gasteiger partial charge >= 0.3 is 5.63 Å². The molecule has 0 amide bonds. The third-order valence-corrected chi connectivity index (χ3v) is 5.63. The van der Waals surface area contributed by atoms with E-state index in [2.05, 4.69) is 5.32 Å². The fourth-order valence-corrected chi connectivity index (χ4v) is 4.07. The first-order valence-electron chi connectivity index (χ1n) is 10.1. The van der Waals surface area contributed by atoms with E-state index in [0.29, 0.717) is 11.3 Å². The van der Waals surface area contributed by atoms with Gasteiger partial charge in [0, 0.05) is 35.9 Å². The molecule has 3 unspecified atom stereocenters. The Bertz CT molecular complexity index is 1100. The molecule has 1 aromatic heterocycles. The molecular weight excluding hydrogens is 402 g/mol. The normalized spacial score (nSPS) is 30.6. The molecule has 2 N–H and O–H groups in total. The molecule has 2 fully saturated rings. The first-order valence-corrected chi connectivity index (χ1v) is 10.1. The molecule has 8 nitrogen and oxygen atoms in total. The number of methoxy groups -OCH3 is 1. The third kappa shape index (κ3) is 3.96. The quantitative estimate of drug-likeness (QED) is 0.615. The molecule has 31 heavy (non-hydrogen) atoms. The van der Waals surface area contributed by atoms with Gasteiger partial charge in [-0.05, 0) is 18.2 Å². The fraction of sp³-hybridized carbons (Fsp3) is 0.348. The number of benzene rings is 2. The van der Waals surface area contributed by atoms with Crippen LogP contribution in [0.25, 0.3) is 11.0 Å². The lowest BCUT2D eigenvalue weighted by Crippen LogP contribution is -2.64. The van der Waals surface area contributed by atoms with Gasteiger partial charge < -0.3 is 33.8 Å². The summed E-state index contributed by atoms with van der Waals surface area (Å²) in [7, 11) is 1.52. The Labute approximate surface area is 178 Å². The molecule has 5 rings (SSSR count). The summed E-state index contributed by atoms with van der Waals surface area (Å²) in [6.45, 7) is 0.273. The lowest BCUT2D eigenvalue weighted by Gasteiger charge is -2.47. The van der Waals surface area contributed by atoms with Crippen LogP contribution in [0.3, 0.4) is 0 Å². The van der Waals surface area contributed by atoms with E-state index in [9.17, 15) is 9.90 Å². The van der Waals surface area contributed by atoms with Crippen LogP contribution in [-0.2, 0) is 18.9 Å². The van der Waals surface area contributed by atoms with Gasteiger partial charge in [-0.25, -0.2) is 4.79 Å². The summed E-state index contributed by atoms with van der Waals surface area (Å²) >= 11 is 0. The minimum atomic E-state index is -0.933. The molecule has 2 saturated heterocycles. The smallest absolute Gasteiger partial charge is 0.336 e. The average Bonchev–Trinajstić information content (AvgIpc) is 2.81. The van der Waals surface area contributed by atoms with Gasteiger partial charge in [0.1, 0.15) is 29.9 Å². The van der Waals surface area contributed by atoms with Crippen LogP contribution in [0.15, 0.2) is 69.9 Å². The highest BCUT2D eigenvalue weighted by molar-refractivity contribution is 5.80. The molecule has 2 aromatic carbocycles. The number of ether oxygens (including phenoxy) is 4. The van der Waals surface area contributed by atoms with E-state index < -0.39 is 42.6 Å². The van der Waals surface area contributed by atoms with Crippen molar-refractivity contribution in [2.45, 2.75) is 36.9 Å². The maximum atomic E-state index is 11.5. The molecule has 0 spiro atoms. The van der Waals surface area contributed by atoms with E-state index >= 15 is 0 Å². The number of nitrogens with one attached hydrogen (secondary N) is 1. The predicted molar refractivity (Wildman–Crippen MR) is 112 cm³/mol. The summed E-state index contributed by atoms with van der Waals surface area (Å²) in [5.41, 5.74) is 1.55. The van der Waals surface area contributed by atoms with Crippen molar-refractivity contribution in [3.8, 4) is 0 Å². The average molecular weight is 425 g/mol. The van der Waals surface area contributed by atoms with E-state index in [4.69, 9.17) is 23.4 Å². The second-order valence-corrected chi connectivity index (χ2v) is 7.62. The van der Waals surface area contributed by atoms with E-state index in [1.54, 1.807) is 12.1 Å². The van der Waals surface area contributed by atoms with Crippen molar-refractivity contribution in [3.05, 3.63) is 76.6 Å². The van der Waals surface area contributed by atoms with Gasteiger partial charge in [-0.2, -0.15) is 0 Å². The zero-order valence-corrected chi connectivity index (χ0v) is 16.8. The Morgan fingerprint density at radius 2 is 1.87 bits per heavy atom. The van der Waals surface area contributed by atoms with Gasteiger partial charge in [0.25, 0.3) is 0 Å². The van der Waals surface area contributed by atoms with E-state index in [1.807, 2.05) is 42.5 Å². The molecule has 2 aliphatic heterocycles. The van der Waals surface area contributed by atoms with Gasteiger partial charge in [0.15, 0.2) is 12.6 Å². The Morgan fingerprint density at radius 1 is 1.06 bits per heavy atom. The molecule has 162 valence electrons. The van der Waals surface area contributed by atoms with Crippen LogP contribution in [-0.4, -0.2) is 49.5 Å². The van der Waals surface area contributed by atoms with Crippen molar-refractivity contribution in [2.75, 3.05) is 19.0 Å². The molecule has 0 aliphatic carbocycles. The fourth-order valence-electron chi connectivity index (χ4n) is 4.07. The zero-order chi connectivity index (χ0) is 21.4. The predicted octanol–water partition coefficient (Wildman–Crippen LogP) is 2.42. The molecule has 0 bridgehead atoms. The molecule has 0 saturated carbocycles. The van der Waals surface area contributed by atoms with E-state index in [-0.39, 0.29) is 6.61 Å². The van der Waals surface area contributed by atoms with Gasteiger partial charge in [0.05, 0.1) is 6.61 Å². The highest BCUT2D eigenvalue weighted by Gasteiger charge is 2.49. The molecule has 3 heterocycles. The maximum absolute atomic E-state index is 11.5. The molecule has 6 atom stereocenters. The summed E-state index contributed by atoms with van der Waals surface area (Å²) in [6.07, 6.45) is -3.32. The second-order valence-electron chi connectivity index (χ2n) is 7.62. The van der Waals surface area contributed by atoms with Crippen molar-refractivity contribution in [2.24, 2.45) is 0 Å².